The lowest BCUT2D eigenvalue weighted by molar-refractivity contribution is 0.0719. The van der Waals surface area contributed by atoms with Crippen LogP contribution in [0.25, 0.3) is 0 Å². The minimum absolute atomic E-state index is 0.0184. The highest BCUT2D eigenvalue weighted by atomic mass is 19.2. The van der Waals surface area contributed by atoms with Gasteiger partial charge in [-0.2, -0.15) is 0 Å². The molecular formula is C17H13F5O2. The Labute approximate surface area is 134 Å². The third-order valence-corrected chi connectivity index (χ3v) is 3.50. The third kappa shape index (κ3) is 3.11. The number of esters is 1. The topological polar surface area (TPSA) is 26.3 Å². The first-order valence-electron chi connectivity index (χ1n) is 6.99. The van der Waals surface area contributed by atoms with E-state index in [4.69, 9.17) is 4.74 Å². The van der Waals surface area contributed by atoms with E-state index in [0.717, 1.165) is 5.56 Å². The quantitative estimate of drug-likeness (QED) is 0.257. The van der Waals surface area contributed by atoms with E-state index in [1.54, 1.807) is 19.1 Å². The fourth-order valence-corrected chi connectivity index (χ4v) is 2.02. The molecule has 0 aliphatic rings. The number of benzene rings is 2. The van der Waals surface area contributed by atoms with Gasteiger partial charge in [0, 0.05) is 0 Å². The van der Waals surface area contributed by atoms with Crippen LogP contribution in [-0.2, 0) is 0 Å². The van der Waals surface area contributed by atoms with E-state index in [0.29, 0.717) is 5.56 Å². The lowest BCUT2D eigenvalue weighted by Gasteiger charge is -2.12. The zero-order valence-corrected chi connectivity index (χ0v) is 13.0. The summed E-state index contributed by atoms with van der Waals surface area (Å²) in [4.78, 5) is 11.9. The Hall–Kier alpha value is -2.44. The molecule has 0 N–H and O–H groups in total. The van der Waals surface area contributed by atoms with Crippen molar-refractivity contribution in [2.45, 2.75) is 26.7 Å². The van der Waals surface area contributed by atoms with E-state index in [1.165, 1.54) is 6.07 Å². The SMILES string of the molecule is Cc1ccc(C(C)C)cc1OC(=O)c1c(F)c(F)c(F)c(F)c1F. The summed E-state index contributed by atoms with van der Waals surface area (Å²) < 4.78 is 71.5. The molecule has 0 spiro atoms. The summed E-state index contributed by atoms with van der Waals surface area (Å²) in [6.45, 7) is 5.33. The first kappa shape index (κ1) is 17.9. The second-order valence-corrected chi connectivity index (χ2v) is 5.51. The summed E-state index contributed by atoms with van der Waals surface area (Å²) in [5.41, 5.74) is -0.377. The number of rotatable bonds is 3. The number of carbonyl (C=O) groups excluding carboxylic acids is 1. The van der Waals surface area contributed by atoms with Gasteiger partial charge in [-0.25, -0.2) is 26.7 Å². The fourth-order valence-electron chi connectivity index (χ4n) is 2.02. The molecule has 2 nitrogen and oxygen atoms in total. The number of hydrogen-bond donors (Lipinski definition) is 0. The minimum Gasteiger partial charge on any atom is -0.422 e. The van der Waals surface area contributed by atoms with Gasteiger partial charge in [-0.3, -0.25) is 0 Å². The van der Waals surface area contributed by atoms with Crippen molar-refractivity contribution in [2.75, 3.05) is 0 Å². The zero-order chi connectivity index (χ0) is 18.2. The van der Waals surface area contributed by atoms with Crippen LogP contribution in [0.15, 0.2) is 18.2 Å². The molecule has 7 heteroatoms. The molecule has 0 heterocycles. The maximum atomic E-state index is 13.6. The van der Waals surface area contributed by atoms with Crippen LogP contribution in [0.4, 0.5) is 22.0 Å². The van der Waals surface area contributed by atoms with Gasteiger partial charge in [0.1, 0.15) is 11.3 Å². The number of hydrogen-bond acceptors (Lipinski definition) is 2. The molecule has 24 heavy (non-hydrogen) atoms. The maximum Gasteiger partial charge on any atom is 0.349 e. The number of carbonyl (C=O) groups is 1. The summed E-state index contributed by atoms with van der Waals surface area (Å²) in [7, 11) is 0. The van der Waals surface area contributed by atoms with Crippen LogP contribution in [-0.4, -0.2) is 5.97 Å². The van der Waals surface area contributed by atoms with E-state index >= 15 is 0 Å². The van der Waals surface area contributed by atoms with Crippen LogP contribution in [0.2, 0.25) is 0 Å². The lowest BCUT2D eigenvalue weighted by atomic mass is 10.0. The summed E-state index contributed by atoms with van der Waals surface area (Å²) in [6, 6.07) is 4.87. The van der Waals surface area contributed by atoms with Crippen LogP contribution < -0.4 is 4.74 Å². The lowest BCUT2D eigenvalue weighted by Crippen LogP contribution is -2.18. The van der Waals surface area contributed by atoms with Gasteiger partial charge >= 0.3 is 5.97 Å². The molecule has 0 saturated carbocycles. The van der Waals surface area contributed by atoms with Crippen molar-refractivity contribution in [3.63, 3.8) is 0 Å². The minimum atomic E-state index is -2.33. The van der Waals surface area contributed by atoms with Crippen LogP contribution in [0, 0.1) is 36.0 Å². The van der Waals surface area contributed by atoms with Crippen LogP contribution in [0.1, 0.15) is 41.3 Å². The van der Waals surface area contributed by atoms with Gasteiger partial charge in [0.2, 0.25) is 5.82 Å². The van der Waals surface area contributed by atoms with E-state index in [9.17, 15) is 26.7 Å². The van der Waals surface area contributed by atoms with E-state index in [2.05, 4.69) is 0 Å². The van der Waals surface area contributed by atoms with Crippen molar-refractivity contribution in [2.24, 2.45) is 0 Å². The molecule has 2 aromatic carbocycles. The molecule has 2 rings (SSSR count). The van der Waals surface area contributed by atoms with Crippen LogP contribution in [0.5, 0.6) is 5.75 Å². The normalized spacial score (nSPS) is 11.0. The Kier molecular flexibility index (Phi) is 4.91. The van der Waals surface area contributed by atoms with Gasteiger partial charge in [0.15, 0.2) is 23.3 Å². The molecule has 0 atom stereocenters. The first-order valence-corrected chi connectivity index (χ1v) is 6.99. The van der Waals surface area contributed by atoms with Crippen LogP contribution >= 0.6 is 0 Å². The molecule has 0 amide bonds. The van der Waals surface area contributed by atoms with Crippen molar-refractivity contribution < 1.29 is 31.5 Å². The zero-order valence-electron chi connectivity index (χ0n) is 13.0. The van der Waals surface area contributed by atoms with Crippen molar-refractivity contribution >= 4 is 5.97 Å². The van der Waals surface area contributed by atoms with Crippen molar-refractivity contribution in [3.05, 3.63) is 64.0 Å². The fraction of sp³-hybridized carbons (Fsp3) is 0.235. The highest BCUT2D eigenvalue weighted by Gasteiger charge is 2.31. The smallest absolute Gasteiger partial charge is 0.349 e. The van der Waals surface area contributed by atoms with Gasteiger partial charge in [-0.15, -0.1) is 0 Å². The average molecular weight is 344 g/mol. The Morgan fingerprint density at radius 1 is 0.917 bits per heavy atom. The molecule has 2 aromatic rings. The maximum absolute atomic E-state index is 13.6. The molecule has 0 saturated heterocycles. The molecule has 0 fully saturated rings. The molecule has 0 radical (unpaired) electrons. The van der Waals surface area contributed by atoms with Crippen molar-refractivity contribution in [1.82, 2.24) is 0 Å². The highest BCUT2D eigenvalue weighted by molar-refractivity contribution is 5.92. The summed E-state index contributed by atoms with van der Waals surface area (Å²) >= 11 is 0. The van der Waals surface area contributed by atoms with Gasteiger partial charge in [0.05, 0.1) is 0 Å². The van der Waals surface area contributed by atoms with Gasteiger partial charge in [0.25, 0.3) is 0 Å². The van der Waals surface area contributed by atoms with Gasteiger partial charge < -0.3 is 4.74 Å². The van der Waals surface area contributed by atoms with Gasteiger partial charge in [-0.1, -0.05) is 26.0 Å². The molecule has 0 aliphatic carbocycles. The third-order valence-electron chi connectivity index (χ3n) is 3.50. The molecule has 0 bridgehead atoms. The Balaban J connectivity index is 2.47. The molecule has 0 aromatic heterocycles. The van der Waals surface area contributed by atoms with Crippen molar-refractivity contribution in [3.8, 4) is 5.75 Å². The summed E-state index contributed by atoms with van der Waals surface area (Å²) in [5.74, 6) is -12.8. The Morgan fingerprint density at radius 3 is 1.92 bits per heavy atom. The number of aryl methyl sites for hydroxylation is 1. The molecular weight excluding hydrogens is 331 g/mol. The molecule has 0 unspecified atom stereocenters. The van der Waals surface area contributed by atoms with Gasteiger partial charge in [-0.05, 0) is 30.0 Å². The van der Waals surface area contributed by atoms with Crippen molar-refractivity contribution in [1.29, 1.82) is 0 Å². The predicted molar refractivity (Wildman–Crippen MR) is 76.5 cm³/mol. The largest absolute Gasteiger partial charge is 0.422 e. The summed E-state index contributed by atoms with van der Waals surface area (Å²) in [6.07, 6.45) is 0. The predicted octanol–water partition coefficient (Wildman–Crippen LogP) is 5.03. The second-order valence-electron chi connectivity index (χ2n) is 5.51. The number of halogens is 5. The molecule has 0 aliphatic heterocycles. The summed E-state index contributed by atoms with van der Waals surface area (Å²) in [5, 5.41) is 0. The first-order chi connectivity index (χ1) is 11.1. The second kappa shape index (κ2) is 6.59. The number of ether oxygens (including phenoxy) is 1. The van der Waals surface area contributed by atoms with Crippen LogP contribution in [0.3, 0.4) is 0 Å². The Bertz CT molecular complexity index is 786. The monoisotopic (exact) mass is 344 g/mol. The average Bonchev–Trinajstić information content (AvgIpc) is 2.53. The van der Waals surface area contributed by atoms with E-state index < -0.39 is 40.6 Å². The van der Waals surface area contributed by atoms with E-state index in [-0.39, 0.29) is 11.7 Å². The highest BCUT2D eigenvalue weighted by Crippen LogP contribution is 2.27. The molecule has 128 valence electrons. The Morgan fingerprint density at radius 2 is 1.42 bits per heavy atom. The standard InChI is InChI=1S/C17H13F5O2/c1-7(2)9-5-4-8(3)10(6-9)24-17(23)11-12(18)14(20)16(22)15(21)13(11)19/h4-7H,1-3H3. The van der Waals surface area contributed by atoms with E-state index in [1.807, 2.05) is 13.8 Å².